The summed E-state index contributed by atoms with van der Waals surface area (Å²) in [6.45, 7) is 8.13. The summed E-state index contributed by atoms with van der Waals surface area (Å²) in [5.74, 6) is -0.0680. The summed E-state index contributed by atoms with van der Waals surface area (Å²) >= 11 is 0. The van der Waals surface area contributed by atoms with Gasteiger partial charge in [-0.3, -0.25) is 4.79 Å². The molecule has 48 heavy (non-hydrogen) atoms. The number of piperidine rings is 1. The molecule has 1 aromatic carbocycles. The van der Waals surface area contributed by atoms with E-state index in [0.717, 1.165) is 64.5 Å². The summed E-state index contributed by atoms with van der Waals surface area (Å²) in [7, 11) is -0.465. The van der Waals surface area contributed by atoms with Crippen LogP contribution in [-0.2, 0) is 19.7 Å². The number of nitrogens with one attached hydrogen (secondary N) is 1. The molecule has 2 N–H and O–H groups in total. The van der Waals surface area contributed by atoms with Gasteiger partial charge in [-0.15, -0.1) is 0 Å². The van der Waals surface area contributed by atoms with Gasteiger partial charge in [0.1, 0.15) is 17.9 Å². The van der Waals surface area contributed by atoms with Gasteiger partial charge >= 0.3 is 0 Å². The van der Waals surface area contributed by atoms with E-state index in [2.05, 4.69) is 24.5 Å². The molecule has 0 saturated carbocycles. The molecule has 1 amide bonds. The summed E-state index contributed by atoms with van der Waals surface area (Å²) in [6.07, 6.45) is 6.68. The molecule has 4 aliphatic rings. The van der Waals surface area contributed by atoms with E-state index in [1.54, 1.807) is 13.1 Å². The third kappa shape index (κ3) is 7.44. The molecule has 264 valence electrons. The highest BCUT2D eigenvalue weighted by molar-refractivity contribution is 7.87. The number of morpholine rings is 1. The molecule has 4 fully saturated rings. The number of carbonyl (C=O) groups is 1. The molecule has 1 spiro atoms. The van der Waals surface area contributed by atoms with Crippen LogP contribution in [0.4, 0.5) is 10.2 Å². The van der Waals surface area contributed by atoms with E-state index in [4.69, 9.17) is 14.2 Å². The van der Waals surface area contributed by atoms with Gasteiger partial charge in [-0.2, -0.15) is 17.4 Å². The second kappa shape index (κ2) is 13.7. The summed E-state index contributed by atoms with van der Waals surface area (Å²) in [5.41, 5.74) is -1.43. The first-order valence-corrected chi connectivity index (χ1v) is 17.9. The average molecular weight is 692 g/mol. The van der Waals surface area contributed by atoms with E-state index < -0.39 is 33.7 Å². The van der Waals surface area contributed by atoms with E-state index in [0.29, 0.717) is 18.2 Å². The molecule has 0 bridgehead atoms. The zero-order valence-corrected chi connectivity index (χ0v) is 28.8. The Labute approximate surface area is 281 Å². The number of rotatable bonds is 9. The third-order valence-corrected chi connectivity index (χ3v) is 11.5. The van der Waals surface area contributed by atoms with E-state index in [-0.39, 0.29) is 42.1 Å². The van der Waals surface area contributed by atoms with Gasteiger partial charge in [-0.1, -0.05) is 0 Å². The monoisotopic (exact) mass is 691 g/mol. The second-order valence-electron chi connectivity index (χ2n) is 14.0. The van der Waals surface area contributed by atoms with E-state index in [1.807, 2.05) is 0 Å². The molecule has 0 radical (unpaired) electrons. The van der Waals surface area contributed by atoms with Gasteiger partial charge in [-0.25, -0.2) is 14.4 Å². The maximum absolute atomic E-state index is 14.4. The van der Waals surface area contributed by atoms with Crippen molar-refractivity contribution in [3.8, 4) is 11.5 Å². The Morgan fingerprint density at radius 1 is 1.19 bits per heavy atom. The van der Waals surface area contributed by atoms with Crippen LogP contribution in [0.1, 0.15) is 49.9 Å². The molecule has 0 aliphatic carbocycles. The molecule has 0 unspecified atom stereocenters. The van der Waals surface area contributed by atoms with Crippen molar-refractivity contribution in [2.75, 3.05) is 71.5 Å². The maximum atomic E-state index is 14.4. The maximum Gasteiger partial charge on any atom is 0.279 e. The fraction of sp³-hybridized carbons (Fsp3) is 0.656. The van der Waals surface area contributed by atoms with E-state index in [9.17, 15) is 22.7 Å². The molecular weight excluding hydrogens is 645 g/mol. The number of amides is 1. The van der Waals surface area contributed by atoms with Gasteiger partial charge in [-0.05, 0) is 70.8 Å². The fourth-order valence-electron chi connectivity index (χ4n) is 7.17. The Bertz CT molecular complexity index is 1570. The molecule has 16 heteroatoms. The largest absolute Gasteiger partial charge is 0.451 e. The van der Waals surface area contributed by atoms with Crippen molar-refractivity contribution in [2.45, 2.75) is 63.4 Å². The number of nitrogens with zero attached hydrogens (tertiary/aromatic N) is 6. The van der Waals surface area contributed by atoms with Crippen molar-refractivity contribution in [1.82, 2.24) is 28.8 Å². The minimum atomic E-state index is -3.48. The van der Waals surface area contributed by atoms with Crippen molar-refractivity contribution in [2.24, 2.45) is 5.41 Å². The van der Waals surface area contributed by atoms with Gasteiger partial charge in [0.25, 0.3) is 16.1 Å². The summed E-state index contributed by atoms with van der Waals surface area (Å²) in [4.78, 5) is 28.3. The lowest BCUT2D eigenvalue weighted by atomic mass is 9.72. The Morgan fingerprint density at radius 2 is 1.94 bits per heavy atom. The number of halogens is 1. The van der Waals surface area contributed by atoms with Gasteiger partial charge in [0.2, 0.25) is 0 Å². The predicted octanol–water partition coefficient (Wildman–Crippen LogP) is 1.82. The third-order valence-electron chi connectivity index (χ3n) is 9.86. The summed E-state index contributed by atoms with van der Waals surface area (Å²) < 4.78 is 60.3. The Morgan fingerprint density at radius 3 is 2.60 bits per heavy atom. The zero-order chi connectivity index (χ0) is 34.3. The Kier molecular flexibility index (Phi) is 9.97. The van der Waals surface area contributed by atoms with Crippen LogP contribution in [0.5, 0.6) is 11.5 Å². The van der Waals surface area contributed by atoms with Crippen molar-refractivity contribution < 1.29 is 36.9 Å². The van der Waals surface area contributed by atoms with Crippen LogP contribution < -0.4 is 14.4 Å². The quantitative estimate of drug-likeness (QED) is 0.397. The highest BCUT2D eigenvalue weighted by atomic mass is 32.2. The number of anilines is 1. The highest BCUT2D eigenvalue weighted by Gasteiger charge is 2.47. The van der Waals surface area contributed by atoms with Crippen molar-refractivity contribution in [3.05, 3.63) is 42.1 Å². The van der Waals surface area contributed by atoms with Gasteiger partial charge in [0.05, 0.1) is 43.7 Å². The normalized spacial score (nSPS) is 28.0. The minimum Gasteiger partial charge on any atom is -0.451 e. The summed E-state index contributed by atoms with van der Waals surface area (Å²) in [6, 6.07) is 3.11. The number of hydrogen-bond acceptors (Lipinski definition) is 11. The lowest BCUT2D eigenvalue weighted by molar-refractivity contribution is -0.177. The standard InChI is InChI=1S/C32H46FN7O7S/c1-22-16-45-20-31(2,42)40(22)30(41)26-13-23(33)5-8-27(26)47-28-14-34-21-35-29(28)39-18-32(19-39)9-11-38(12-10-32)15-25-7-6-24(17-46-25)36-48(43,44)37(3)4/h5,8,13-14,21-22,24-25,36,42H,6-7,9-12,15-20H2,1-4H3/t22-,24-,25+,31+/m1/s1. The molecule has 4 saturated heterocycles. The summed E-state index contributed by atoms with van der Waals surface area (Å²) in [5, 5.41) is 10.9. The van der Waals surface area contributed by atoms with Crippen LogP contribution in [-0.4, -0.2) is 134 Å². The first-order chi connectivity index (χ1) is 22.8. The Balaban J connectivity index is 1.04. The van der Waals surface area contributed by atoms with Crippen molar-refractivity contribution >= 4 is 21.9 Å². The number of hydrogen-bond donors (Lipinski definition) is 2. The molecule has 4 aliphatic heterocycles. The number of ether oxygens (including phenoxy) is 3. The number of aliphatic hydroxyl groups is 1. The van der Waals surface area contributed by atoms with Crippen LogP contribution in [0.2, 0.25) is 0 Å². The number of carbonyl (C=O) groups excluding carboxylic acids is 1. The lowest BCUT2D eigenvalue weighted by Crippen LogP contribution is -2.61. The Hall–Kier alpha value is -2.99. The van der Waals surface area contributed by atoms with Crippen LogP contribution in [0.3, 0.4) is 0 Å². The van der Waals surface area contributed by atoms with Crippen LogP contribution >= 0.6 is 0 Å². The van der Waals surface area contributed by atoms with Crippen LogP contribution in [0.15, 0.2) is 30.7 Å². The van der Waals surface area contributed by atoms with Crippen molar-refractivity contribution in [3.63, 3.8) is 0 Å². The molecular formula is C32H46FN7O7S. The highest BCUT2D eigenvalue weighted by Crippen LogP contribution is 2.45. The average Bonchev–Trinajstić information content (AvgIpc) is 3.02. The van der Waals surface area contributed by atoms with E-state index >= 15 is 0 Å². The first kappa shape index (κ1) is 34.9. The number of likely N-dealkylation sites (tertiary alicyclic amines) is 1. The minimum absolute atomic E-state index is 0.0152. The van der Waals surface area contributed by atoms with Gasteiger partial charge < -0.3 is 34.0 Å². The second-order valence-corrected chi connectivity index (χ2v) is 15.9. The van der Waals surface area contributed by atoms with E-state index in [1.165, 1.54) is 48.7 Å². The first-order valence-electron chi connectivity index (χ1n) is 16.5. The molecule has 4 atom stereocenters. The zero-order valence-electron chi connectivity index (χ0n) is 28.0. The number of aromatic nitrogens is 2. The topological polar surface area (TPSA) is 150 Å². The predicted molar refractivity (Wildman–Crippen MR) is 174 cm³/mol. The van der Waals surface area contributed by atoms with Crippen molar-refractivity contribution in [1.29, 1.82) is 0 Å². The van der Waals surface area contributed by atoms with Gasteiger partial charge in [0.15, 0.2) is 17.3 Å². The number of benzene rings is 1. The molecule has 5 heterocycles. The smallest absolute Gasteiger partial charge is 0.279 e. The molecule has 2 aromatic rings. The van der Waals surface area contributed by atoms with Gasteiger partial charge in [0, 0.05) is 45.2 Å². The van der Waals surface area contributed by atoms with Crippen LogP contribution in [0.25, 0.3) is 0 Å². The lowest BCUT2D eigenvalue weighted by Gasteiger charge is -2.54. The fourth-order valence-corrected chi connectivity index (χ4v) is 7.99. The molecule has 14 nitrogen and oxygen atoms in total. The SMILES string of the molecule is C[C@@H]1COC[C@](C)(O)N1C(=O)c1cc(F)ccc1Oc1cncnc1N1CC2(CCN(C[C@@H]3CC[C@@H](NS(=O)(=O)N(C)C)CO3)CC2)C1. The molecule has 1 aromatic heterocycles. The van der Waals surface area contributed by atoms with Crippen LogP contribution in [0, 0.1) is 11.2 Å². The molecule has 6 rings (SSSR count).